The average Bonchev–Trinajstić information content (AvgIpc) is 3.17. The first kappa shape index (κ1) is 17.0. The molecule has 2 aliphatic heterocycles. The summed E-state index contributed by atoms with van der Waals surface area (Å²) in [5.41, 5.74) is 1.32. The third-order valence-corrected chi connectivity index (χ3v) is 5.58. The second-order valence-corrected chi connectivity index (χ2v) is 7.35. The number of aromatic nitrogens is 2. The predicted octanol–water partition coefficient (Wildman–Crippen LogP) is 2.93. The topological polar surface area (TPSA) is 49.3 Å². The van der Waals surface area contributed by atoms with Crippen LogP contribution < -0.4 is 4.90 Å². The maximum atomic E-state index is 13.2. The molecule has 5 nitrogen and oxygen atoms in total. The van der Waals surface area contributed by atoms with Gasteiger partial charge in [0.15, 0.2) is 0 Å². The number of carbonyl (C=O) groups is 1. The van der Waals surface area contributed by atoms with E-state index >= 15 is 0 Å². The van der Waals surface area contributed by atoms with Crippen molar-refractivity contribution < 1.29 is 4.79 Å². The van der Waals surface area contributed by atoms with E-state index in [1.807, 2.05) is 12.1 Å². The van der Waals surface area contributed by atoms with E-state index in [0.29, 0.717) is 11.9 Å². The summed E-state index contributed by atoms with van der Waals surface area (Å²) in [7, 11) is 0. The minimum Gasteiger partial charge on any atom is -0.340 e. The molecule has 0 saturated carbocycles. The minimum atomic E-state index is 0.0592. The Bertz CT molecular complexity index is 721. The molecule has 136 valence electrons. The summed E-state index contributed by atoms with van der Waals surface area (Å²) in [6.45, 7) is 2.56. The van der Waals surface area contributed by atoms with E-state index in [0.717, 1.165) is 57.7 Å². The van der Waals surface area contributed by atoms with Gasteiger partial charge in [-0.05, 0) is 43.7 Å². The van der Waals surface area contributed by atoms with Crippen LogP contribution in [0.4, 0.5) is 5.95 Å². The fourth-order valence-electron chi connectivity index (χ4n) is 4.27. The molecule has 0 N–H and O–H groups in total. The average molecular weight is 350 g/mol. The van der Waals surface area contributed by atoms with Gasteiger partial charge >= 0.3 is 0 Å². The van der Waals surface area contributed by atoms with E-state index < -0.39 is 0 Å². The van der Waals surface area contributed by atoms with Crippen LogP contribution in [0.3, 0.4) is 0 Å². The number of rotatable bonds is 4. The Morgan fingerprint density at radius 2 is 1.77 bits per heavy atom. The quantitative estimate of drug-likeness (QED) is 0.851. The van der Waals surface area contributed by atoms with E-state index in [2.05, 4.69) is 44.0 Å². The van der Waals surface area contributed by atoms with Gasteiger partial charge in [0.05, 0.1) is 5.92 Å². The SMILES string of the molecule is O=C(C1CCCN(c2ncccn2)C1)N1CCCC1Cc1ccccc1. The predicted molar refractivity (Wildman–Crippen MR) is 102 cm³/mol. The molecule has 0 bridgehead atoms. The molecule has 1 amide bonds. The minimum absolute atomic E-state index is 0.0592. The van der Waals surface area contributed by atoms with Gasteiger partial charge in [-0.1, -0.05) is 30.3 Å². The molecule has 0 spiro atoms. The number of likely N-dealkylation sites (tertiary alicyclic amines) is 1. The maximum absolute atomic E-state index is 13.2. The summed E-state index contributed by atoms with van der Waals surface area (Å²) in [4.78, 5) is 26.3. The first-order valence-electron chi connectivity index (χ1n) is 9.67. The van der Waals surface area contributed by atoms with Crippen molar-refractivity contribution in [1.82, 2.24) is 14.9 Å². The molecule has 2 saturated heterocycles. The number of amides is 1. The summed E-state index contributed by atoms with van der Waals surface area (Å²) in [5.74, 6) is 1.13. The van der Waals surface area contributed by atoms with Gasteiger partial charge in [0.25, 0.3) is 0 Å². The number of anilines is 1. The van der Waals surface area contributed by atoms with Crippen molar-refractivity contribution in [2.75, 3.05) is 24.5 Å². The monoisotopic (exact) mass is 350 g/mol. The Hall–Kier alpha value is -2.43. The number of benzene rings is 1. The standard InChI is InChI=1S/C21H26N4O/c26-20(18-9-4-13-24(16-18)21-22-11-6-12-23-21)25-14-5-10-19(25)15-17-7-2-1-3-8-17/h1-3,6-8,11-12,18-19H,4-5,9-10,13-16H2. The van der Waals surface area contributed by atoms with E-state index in [-0.39, 0.29) is 5.92 Å². The number of piperidine rings is 1. The molecule has 2 aliphatic rings. The molecule has 0 radical (unpaired) electrons. The van der Waals surface area contributed by atoms with Crippen molar-refractivity contribution in [3.63, 3.8) is 0 Å². The Balaban J connectivity index is 1.42. The second kappa shape index (κ2) is 7.85. The zero-order chi connectivity index (χ0) is 17.8. The van der Waals surface area contributed by atoms with Crippen LogP contribution in [0.25, 0.3) is 0 Å². The first-order valence-corrected chi connectivity index (χ1v) is 9.67. The van der Waals surface area contributed by atoms with Crippen molar-refractivity contribution in [3.05, 3.63) is 54.4 Å². The van der Waals surface area contributed by atoms with Gasteiger partial charge in [-0.2, -0.15) is 0 Å². The second-order valence-electron chi connectivity index (χ2n) is 7.35. The molecule has 0 aliphatic carbocycles. The van der Waals surface area contributed by atoms with Crippen molar-refractivity contribution >= 4 is 11.9 Å². The van der Waals surface area contributed by atoms with Gasteiger partial charge in [-0.25, -0.2) is 9.97 Å². The molecule has 1 aromatic heterocycles. The largest absolute Gasteiger partial charge is 0.340 e. The van der Waals surface area contributed by atoms with Gasteiger partial charge in [0, 0.05) is 38.1 Å². The van der Waals surface area contributed by atoms with Crippen LogP contribution in [0.5, 0.6) is 0 Å². The first-order chi connectivity index (χ1) is 12.8. The van der Waals surface area contributed by atoms with E-state index in [1.54, 1.807) is 12.4 Å². The van der Waals surface area contributed by atoms with Crippen LogP contribution in [-0.4, -0.2) is 46.5 Å². The Morgan fingerprint density at radius 1 is 1.00 bits per heavy atom. The van der Waals surface area contributed by atoms with Crippen LogP contribution in [0.2, 0.25) is 0 Å². The fraction of sp³-hybridized carbons (Fsp3) is 0.476. The third kappa shape index (κ3) is 3.71. The zero-order valence-corrected chi connectivity index (χ0v) is 15.1. The molecular weight excluding hydrogens is 324 g/mol. The summed E-state index contributed by atoms with van der Waals surface area (Å²) < 4.78 is 0. The molecule has 2 unspecified atom stereocenters. The summed E-state index contributed by atoms with van der Waals surface area (Å²) in [5, 5.41) is 0. The van der Waals surface area contributed by atoms with Crippen LogP contribution in [-0.2, 0) is 11.2 Å². The highest BCUT2D eigenvalue weighted by Gasteiger charge is 2.35. The van der Waals surface area contributed by atoms with Gasteiger partial charge in [-0.15, -0.1) is 0 Å². The van der Waals surface area contributed by atoms with E-state index in [1.165, 1.54) is 5.56 Å². The maximum Gasteiger partial charge on any atom is 0.227 e. The highest BCUT2D eigenvalue weighted by atomic mass is 16.2. The van der Waals surface area contributed by atoms with Gasteiger partial charge in [-0.3, -0.25) is 4.79 Å². The van der Waals surface area contributed by atoms with Crippen molar-refractivity contribution in [1.29, 1.82) is 0 Å². The van der Waals surface area contributed by atoms with Crippen LogP contribution in [0.15, 0.2) is 48.8 Å². The lowest BCUT2D eigenvalue weighted by atomic mass is 9.95. The molecule has 4 rings (SSSR count). The van der Waals surface area contributed by atoms with Crippen molar-refractivity contribution in [2.24, 2.45) is 5.92 Å². The van der Waals surface area contributed by atoms with Crippen molar-refractivity contribution in [3.8, 4) is 0 Å². The Kier molecular flexibility index (Phi) is 5.14. The molecule has 5 heteroatoms. The van der Waals surface area contributed by atoms with Gasteiger partial charge in [0.1, 0.15) is 0 Å². The van der Waals surface area contributed by atoms with Crippen LogP contribution >= 0.6 is 0 Å². The number of carbonyl (C=O) groups excluding carboxylic acids is 1. The summed E-state index contributed by atoms with van der Waals surface area (Å²) in [6, 6.07) is 12.7. The summed E-state index contributed by atoms with van der Waals surface area (Å²) in [6.07, 6.45) is 8.71. The molecule has 3 heterocycles. The van der Waals surface area contributed by atoms with Crippen molar-refractivity contribution in [2.45, 2.75) is 38.1 Å². The number of nitrogens with zero attached hydrogens (tertiary/aromatic N) is 4. The van der Waals surface area contributed by atoms with Crippen LogP contribution in [0.1, 0.15) is 31.2 Å². The van der Waals surface area contributed by atoms with Gasteiger partial charge < -0.3 is 9.80 Å². The molecule has 26 heavy (non-hydrogen) atoms. The Labute approximate surface area is 155 Å². The Morgan fingerprint density at radius 3 is 2.58 bits per heavy atom. The highest BCUT2D eigenvalue weighted by Crippen LogP contribution is 2.27. The molecular formula is C21H26N4O. The molecule has 2 atom stereocenters. The third-order valence-electron chi connectivity index (χ3n) is 5.58. The lowest BCUT2D eigenvalue weighted by Gasteiger charge is -2.35. The summed E-state index contributed by atoms with van der Waals surface area (Å²) >= 11 is 0. The zero-order valence-electron chi connectivity index (χ0n) is 15.1. The lowest BCUT2D eigenvalue weighted by Crippen LogP contribution is -2.47. The van der Waals surface area contributed by atoms with E-state index in [9.17, 15) is 4.79 Å². The molecule has 2 fully saturated rings. The number of hydrogen-bond donors (Lipinski definition) is 0. The van der Waals surface area contributed by atoms with E-state index in [4.69, 9.17) is 0 Å². The highest BCUT2D eigenvalue weighted by molar-refractivity contribution is 5.80. The van der Waals surface area contributed by atoms with Gasteiger partial charge in [0.2, 0.25) is 11.9 Å². The normalized spacial score (nSPS) is 23.2. The molecule has 2 aromatic rings. The van der Waals surface area contributed by atoms with Crippen LogP contribution in [0, 0.1) is 5.92 Å². The molecule has 1 aromatic carbocycles. The lowest BCUT2D eigenvalue weighted by molar-refractivity contribution is -0.136. The number of hydrogen-bond acceptors (Lipinski definition) is 4. The fourth-order valence-corrected chi connectivity index (χ4v) is 4.27. The smallest absolute Gasteiger partial charge is 0.227 e.